The van der Waals surface area contributed by atoms with Crippen LogP contribution in [0.2, 0.25) is 0 Å². The minimum Gasteiger partial charge on any atom is -0.261 e. The lowest BCUT2D eigenvalue weighted by molar-refractivity contribution is 0.481. The lowest BCUT2D eigenvalue weighted by Crippen LogP contribution is -2.09. The molecule has 0 spiro atoms. The fourth-order valence-corrected chi connectivity index (χ4v) is 2.21. The third-order valence-corrected chi connectivity index (χ3v) is 3.33. The van der Waals surface area contributed by atoms with Crippen molar-refractivity contribution in [2.45, 2.75) is 27.2 Å². The van der Waals surface area contributed by atoms with Crippen LogP contribution in [0.4, 0.5) is 0 Å². The van der Waals surface area contributed by atoms with Crippen molar-refractivity contribution < 1.29 is 0 Å². The Morgan fingerprint density at radius 1 is 1.29 bits per heavy atom. The number of hydrogen-bond acceptors (Lipinski definition) is 2. The summed E-state index contributed by atoms with van der Waals surface area (Å²) >= 11 is 2.02. The maximum atomic E-state index is 4.30. The monoisotopic (exact) mass is 209 g/mol. The van der Waals surface area contributed by atoms with E-state index in [2.05, 4.69) is 37.9 Å². The average Bonchev–Trinajstić information content (AvgIpc) is 2.13. The van der Waals surface area contributed by atoms with Gasteiger partial charge in [-0.15, -0.1) is 0 Å². The quantitative estimate of drug-likeness (QED) is 0.705. The van der Waals surface area contributed by atoms with Crippen LogP contribution in [-0.4, -0.2) is 16.5 Å². The first-order valence-corrected chi connectivity index (χ1v) is 6.21. The van der Waals surface area contributed by atoms with Crippen LogP contribution in [-0.2, 0) is 6.42 Å². The number of hydrogen-bond donors (Lipinski definition) is 0. The molecule has 0 radical (unpaired) electrons. The summed E-state index contributed by atoms with van der Waals surface area (Å²) in [5.41, 5.74) is 1.64. The van der Waals surface area contributed by atoms with Crippen molar-refractivity contribution in [3.63, 3.8) is 0 Å². The van der Waals surface area contributed by atoms with Gasteiger partial charge in [0.1, 0.15) is 0 Å². The Kier molecular flexibility index (Phi) is 4.46. The van der Waals surface area contributed by atoms with E-state index in [-0.39, 0.29) is 0 Å². The molecule has 0 aliphatic carbocycles. The Balaban J connectivity index is 2.17. The maximum Gasteiger partial charge on any atom is 0.0411 e. The predicted octanol–water partition coefficient (Wildman–Crippen LogP) is 3.40. The Bertz CT molecular complexity index is 251. The van der Waals surface area contributed by atoms with E-state index in [1.807, 2.05) is 24.0 Å². The van der Waals surface area contributed by atoms with Gasteiger partial charge in [0.2, 0.25) is 0 Å². The summed E-state index contributed by atoms with van der Waals surface area (Å²) in [6.45, 7) is 6.84. The summed E-state index contributed by atoms with van der Waals surface area (Å²) in [5, 5.41) is 0. The minimum absolute atomic E-state index is 0.439. The molecule has 1 aromatic rings. The Hall–Kier alpha value is -0.500. The summed E-state index contributed by atoms with van der Waals surface area (Å²) in [4.78, 5) is 4.30. The van der Waals surface area contributed by atoms with Gasteiger partial charge in [-0.05, 0) is 35.5 Å². The number of pyridine rings is 1. The zero-order valence-corrected chi connectivity index (χ0v) is 10.1. The molecule has 0 saturated carbocycles. The second kappa shape index (κ2) is 5.40. The van der Waals surface area contributed by atoms with Crippen molar-refractivity contribution in [1.29, 1.82) is 0 Å². The van der Waals surface area contributed by atoms with E-state index in [1.54, 1.807) is 0 Å². The third-order valence-electron chi connectivity index (χ3n) is 1.76. The molecule has 0 saturated heterocycles. The lowest BCUT2D eigenvalue weighted by Gasteiger charge is -2.16. The summed E-state index contributed by atoms with van der Waals surface area (Å²) in [5.74, 6) is 2.40. The number of aryl methyl sites for hydroxylation is 1. The van der Waals surface area contributed by atoms with Crippen molar-refractivity contribution in [1.82, 2.24) is 4.98 Å². The highest BCUT2D eigenvalue weighted by molar-refractivity contribution is 7.99. The van der Waals surface area contributed by atoms with Crippen molar-refractivity contribution in [3.05, 3.63) is 30.1 Å². The zero-order valence-electron chi connectivity index (χ0n) is 9.29. The first kappa shape index (κ1) is 11.6. The van der Waals surface area contributed by atoms with E-state index < -0.39 is 0 Å². The molecule has 0 N–H and O–H groups in total. The molecule has 0 aromatic carbocycles. The molecule has 1 nitrogen and oxygen atoms in total. The second-order valence-corrected chi connectivity index (χ2v) is 5.79. The number of nitrogens with zero attached hydrogens (tertiary/aromatic N) is 1. The fraction of sp³-hybridized carbons (Fsp3) is 0.583. The Morgan fingerprint density at radius 2 is 2.07 bits per heavy atom. The van der Waals surface area contributed by atoms with Crippen LogP contribution in [0.5, 0.6) is 0 Å². The summed E-state index contributed by atoms with van der Waals surface area (Å²) in [6.07, 6.45) is 2.95. The van der Waals surface area contributed by atoms with Crippen LogP contribution in [0.15, 0.2) is 24.4 Å². The highest BCUT2D eigenvalue weighted by Crippen LogP contribution is 2.20. The van der Waals surface area contributed by atoms with Crippen LogP contribution in [0.3, 0.4) is 0 Å². The lowest BCUT2D eigenvalue weighted by atomic mass is 10.0. The van der Waals surface area contributed by atoms with E-state index >= 15 is 0 Å². The van der Waals surface area contributed by atoms with Crippen LogP contribution < -0.4 is 0 Å². The number of aromatic nitrogens is 1. The second-order valence-electron chi connectivity index (χ2n) is 4.68. The van der Waals surface area contributed by atoms with E-state index in [1.165, 1.54) is 17.2 Å². The van der Waals surface area contributed by atoms with Gasteiger partial charge in [0.15, 0.2) is 0 Å². The zero-order chi connectivity index (χ0) is 10.4. The predicted molar refractivity (Wildman–Crippen MR) is 64.7 cm³/mol. The van der Waals surface area contributed by atoms with E-state index in [4.69, 9.17) is 0 Å². The van der Waals surface area contributed by atoms with Crippen molar-refractivity contribution in [2.24, 2.45) is 5.41 Å². The molecule has 0 unspecified atom stereocenters. The van der Waals surface area contributed by atoms with Gasteiger partial charge in [-0.25, -0.2) is 0 Å². The molecule has 2 heteroatoms. The average molecular weight is 209 g/mol. The van der Waals surface area contributed by atoms with Gasteiger partial charge in [0.25, 0.3) is 0 Å². The third kappa shape index (κ3) is 5.28. The van der Waals surface area contributed by atoms with E-state index in [9.17, 15) is 0 Å². The molecule has 0 aliphatic heterocycles. The Labute approximate surface area is 91.3 Å². The molecule has 0 aliphatic rings. The molecule has 0 fully saturated rings. The first-order chi connectivity index (χ1) is 6.58. The SMILES string of the molecule is CC(C)(C)CSCCc1ccccn1. The highest BCUT2D eigenvalue weighted by atomic mass is 32.2. The summed E-state index contributed by atoms with van der Waals surface area (Å²) < 4.78 is 0. The van der Waals surface area contributed by atoms with Gasteiger partial charge >= 0.3 is 0 Å². The molecule has 14 heavy (non-hydrogen) atoms. The van der Waals surface area contributed by atoms with Crippen molar-refractivity contribution >= 4 is 11.8 Å². The molecule has 1 heterocycles. The van der Waals surface area contributed by atoms with Gasteiger partial charge in [-0.3, -0.25) is 4.98 Å². The Morgan fingerprint density at radius 3 is 2.64 bits per heavy atom. The minimum atomic E-state index is 0.439. The molecule has 1 aromatic heterocycles. The normalized spacial score (nSPS) is 11.6. The van der Waals surface area contributed by atoms with Crippen LogP contribution in [0, 0.1) is 5.41 Å². The standard InChI is InChI=1S/C12H19NS/c1-12(2,3)10-14-9-7-11-6-4-5-8-13-11/h4-6,8H,7,9-10H2,1-3H3. The van der Waals surface area contributed by atoms with Gasteiger partial charge in [0.05, 0.1) is 0 Å². The maximum absolute atomic E-state index is 4.30. The van der Waals surface area contributed by atoms with Gasteiger partial charge < -0.3 is 0 Å². The molecular weight excluding hydrogens is 190 g/mol. The van der Waals surface area contributed by atoms with Crippen LogP contribution in [0.1, 0.15) is 26.5 Å². The summed E-state index contributed by atoms with van der Waals surface area (Å²) in [6, 6.07) is 6.11. The van der Waals surface area contributed by atoms with Gasteiger partial charge in [-0.2, -0.15) is 11.8 Å². The molecule has 0 bridgehead atoms. The smallest absolute Gasteiger partial charge is 0.0411 e. The number of thioether (sulfide) groups is 1. The van der Waals surface area contributed by atoms with E-state index in [0.717, 1.165) is 6.42 Å². The van der Waals surface area contributed by atoms with Gasteiger partial charge in [0, 0.05) is 11.9 Å². The molecule has 0 amide bonds. The van der Waals surface area contributed by atoms with Crippen molar-refractivity contribution in [3.8, 4) is 0 Å². The van der Waals surface area contributed by atoms with Crippen LogP contribution in [0.25, 0.3) is 0 Å². The molecule has 1 rings (SSSR count). The summed E-state index contributed by atoms with van der Waals surface area (Å²) in [7, 11) is 0. The van der Waals surface area contributed by atoms with Crippen LogP contribution >= 0.6 is 11.8 Å². The van der Waals surface area contributed by atoms with E-state index in [0.29, 0.717) is 5.41 Å². The molecule has 0 atom stereocenters. The first-order valence-electron chi connectivity index (χ1n) is 5.05. The largest absolute Gasteiger partial charge is 0.261 e. The molecule has 78 valence electrons. The fourth-order valence-electron chi connectivity index (χ4n) is 1.10. The van der Waals surface area contributed by atoms with Crippen molar-refractivity contribution in [2.75, 3.05) is 11.5 Å². The molecular formula is C12H19NS. The number of rotatable bonds is 4. The van der Waals surface area contributed by atoms with Gasteiger partial charge in [-0.1, -0.05) is 26.8 Å². The topological polar surface area (TPSA) is 12.9 Å². The highest BCUT2D eigenvalue weighted by Gasteiger charge is 2.09.